The van der Waals surface area contributed by atoms with E-state index in [0.29, 0.717) is 5.92 Å². The van der Waals surface area contributed by atoms with Crippen LogP contribution in [0.5, 0.6) is 0 Å². The average molecular weight is 279 g/mol. The molecule has 1 aromatic heterocycles. The summed E-state index contributed by atoms with van der Waals surface area (Å²) in [6.45, 7) is 9.48. The molecular weight excluding hydrogens is 254 g/mol. The first-order valence-corrected chi connectivity index (χ1v) is 7.30. The van der Waals surface area contributed by atoms with E-state index in [1.165, 1.54) is 0 Å². The third kappa shape index (κ3) is 3.99. The smallest absolute Gasteiger partial charge is 0.410 e. The molecule has 1 aliphatic heterocycles. The predicted molar refractivity (Wildman–Crippen MR) is 77.4 cm³/mol. The normalized spacial score (nSPS) is 23.7. The fraction of sp³-hybridized carbons (Fsp3) is 0.733. The number of piperidine rings is 1. The lowest BCUT2D eigenvalue weighted by atomic mass is 9.93. The van der Waals surface area contributed by atoms with Crippen molar-refractivity contribution in [3.63, 3.8) is 0 Å². The molecule has 0 aliphatic carbocycles. The Morgan fingerprint density at radius 2 is 2.15 bits per heavy atom. The van der Waals surface area contributed by atoms with Gasteiger partial charge in [-0.15, -0.1) is 0 Å². The molecule has 5 heteroatoms. The molecule has 1 amide bonds. The lowest BCUT2D eigenvalue weighted by molar-refractivity contribution is 0.00426. The van der Waals surface area contributed by atoms with Crippen molar-refractivity contribution >= 4 is 6.09 Å². The van der Waals surface area contributed by atoms with Gasteiger partial charge in [-0.3, -0.25) is 0 Å². The summed E-state index contributed by atoms with van der Waals surface area (Å²) >= 11 is 0. The molecular formula is C15H25N3O2. The zero-order chi connectivity index (χ0) is 14.8. The Labute approximate surface area is 120 Å². The first-order chi connectivity index (χ1) is 9.35. The van der Waals surface area contributed by atoms with Crippen LogP contribution in [0.15, 0.2) is 18.7 Å². The summed E-state index contributed by atoms with van der Waals surface area (Å²) in [5, 5.41) is 0. The number of hydrogen-bond acceptors (Lipinski definition) is 3. The van der Waals surface area contributed by atoms with Gasteiger partial charge in [0.25, 0.3) is 0 Å². The maximum absolute atomic E-state index is 12.3. The largest absolute Gasteiger partial charge is 0.444 e. The third-order valence-corrected chi connectivity index (χ3v) is 3.64. The number of rotatable bonds is 2. The number of amides is 1. The van der Waals surface area contributed by atoms with E-state index in [1.807, 2.05) is 38.2 Å². The number of nitrogens with zero attached hydrogens (tertiary/aromatic N) is 3. The maximum Gasteiger partial charge on any atom is 0.410 e. The van der Waals surface area contributed by atoms with Gasteiger partial charge in [0.05, 0.1) is 6.33 Å². The van der Waals surface area contributed by atoms with Gasteiger partial charge in [0, 0.05) is 31.5 Å². The standard InChI is InChI=1S/C15H25N3O2/c1-12-5-6-13(9-17-8-7-16-11-17)10-18(12)14(19)20-15(2,3)4/h7-8,11-13H,5-6,9-10H2,1-4H3. The second-order valence-corrected chi connectivity index (χ2v) is 6.68. The van der Waals surface area contributed by atoms with Crippen LogP contribution >= 0.6 is 0 Å². The number of carbonyl (C=O) groups is 1. The van der Waals surface area contributed by atoms with E-state index in [2.05, 4.69) is 16.5 Å². The number of hydrogen-bond donors (Lipinski definition) is 0. The summed E-state index contributed by atoms with van der Waals surface area (Å²) in [7, 11) is 0. The Kier molecular flexibility index (Phi) is 4.35. The molecule has 1 aromatic rings. The van der Waals surface area contributed by atoms with E-state index in [9.17, 15) is 4.79 Å². The van der Waals surface area contributed by atoms with Gasteiger partial charge in [0.15, 0.2) is 0 Å². The van der Waals surface area contributed by atoms with Crippen molar-refractivity contribution in [1.82, 2.24) is 14.5 Å². The molecule has 112 valence electrons. The lowest BCUT2D eigenvalue weighted by Crippen LogP contribution is -2.48. The highest BCUT2D eigenvalue weighted by molar-refractivity contribution is 5.68. The number of imidazole rings is 1. The molecule has 0 aromatic carbocycles. The molecule has 1 aliphatic rings. The predicted octanol–water partition coefficient (Wildman–Crippen LogP) is 2.92. The van der Waals surface area contributed by atoms with Gasteiger partial charge in [-0.1, -0.05) is 0 Å². The van der Waals surface area contributed by atoms with Crippen molar-refractivity contribution in [2.75, 3.05) is 6.54 Å². The van der Waals surface area contributed by atoms with E-state index < -0.39 is 5.60 Å². The molecule has 0 radical (unpaired) electrons. The highest BCUT2D eigenvalue weighted by Gasteiger charge is 2.32. The van der Waals surface area contributed by atoms with Crippen LogP contribution in [0.2, 0.25) is 0 Å². The highest BCUT2D eigenvalue weighted by atomic mass is 16.6. The molecule has 2 unspecified atom stereocenters. The minimum Gasteiger partial charge on any atom is -0.444 e. The Balaban J connectivity index is 1.95. The number of ether oxygens (including phenoxy) is 1. The lowest BCUT2D eigenvalue weighted by Gasteiger charge is -2.38. The van der Waals surface area contributed by atoms with Crippen molar-refractivity contribution < 1.29 is 9.53 Å². The monoisotopic (exact) mass is 279 g/mol. The van der Waals surface area contributed by atoms with Gasteiger partial charge in [0.1, 0.15) is 5.60 Å². The van der Waals surface area contributed by atoms with Crippen molar-refractivity contribution in [1.29, 1.82) is 0 Å². The van der Waals surface area contributed by atoms with Crippen LogP contribution in [0.3, 0.4) is 0 Å². The van der Waals surface area contributed by atoms with Crippen LogP contribution in [0.1, 0.15) is 40.5 Å². The van der Waals surface area contributed by atoms with Crippen LogP contribution in [0, 0.1) is 5.92 Å². The maximum atomic E-state index is 12.3. The number of carbonyl (C=O) groups excluding carboxylic acids is 1. The molecule has 2 atom stereocenters. The Morgan fingerprint density at radius 1 is 1.40 bits per heavy atom. The van der Waals surface area contributed by atoms with Gasteiger partial charge in [0.2, 0.25) is 0 Å². The zero-order valence-corrected chi connectivity index (χ0v) is 12.9. The molecule has 1 fully saturated rings. The highest BCUT2D eigenvalue weighted by Crippen LogP contribution is 2.25. The molecule has 2 rings (SSSR count). The Bertz CT molecular complexity index is 436. The zero-order valence-electron chi connectivity index (χ0n) is 12.9. The van der Waals surface area contributed by atoms with Gasteiger partial charge in [-0.2, -0.15) is 0 Å². The minimum absolute atomic E-state index is 0.194. The van der Waals surface area contributed by atoms with Crippen LogP contribution in [-0.2, 0) is 11.3 Å². The average Bonchev–Trinajstić information content (AvgIpc) is 2.82. The van der Waals surface area contributed by atoms with E-state index in [1.54, 1.807) is 6.20 Å². The van der Waals surface area contributed by atoms with Crippen LogP contribution < -0.4 is 0 Å². The molecule has 2 heterocycles. The summed E-state index contributed by atoms with van der Waals surface area (Å²) < 4.78 is 7.58. The SMILES string of the molecule is CC1CCC(Cn2ccnc2)CN1C(=O)OC(C)(C)C. The van der Waals surface area contributed by atoms with Crippen LogP contribution in [0.25, 0.3) is 0 Å². The van der Waals surface area contributed by atoms with Gasteiger partial charge < -0.3 is 14.2 Å². The van der Waals surface area contributed by atoms with Crippen molar-refractivity contribution in [3.05, 3.63) is 18.7 Å². The molecule has 20 heavy (non-hydrogen) atoms. The third-order valence-electron chi connectivity index (χ3n) is 3.64. The Morgan fingerprint density at radius 3 is 2.75 bits per heavy atom. The van der Waals surface area contributed by atoms with Gasteiger partial charge in [-0.25, -0.2) is 9.78 Å². The first-order valence-electron chi connectivity index (χ1n) is 7.30. The van der Waals surface area contributed by atoms with E-state index >= 15 is 0 Å². The fourth-order valence-corrected chi connectivity index (χ4v) is 2.60. The molecule has 0 bridgehead atoms. The molecule has 0 N–H and O–H groups in total. The summed E-state index contributed by atoms with van der Waals surface area (Å²) in [4.78, 5) is 18.2. The van der Waals surface area contributed by atoms with Gasteiger partial charge >= 0.3 is 6.09 Å². The summed E-state index contributed by atoms with van der Waals surface area (Å²) in [5.74, 6) is 0.466. The number of aromatic nitrogens is 2. The molecule has 0 saturated carbocycles. The van der Waals surface area contributed by atoms with E-state index in [4.69, 9.17) is 4.74 Å². The summed E-state index contributed by atoms with van der Waals surface area (Å²) in [5.41, 5.74) is -0.436. The first kappa shape index (κ1) is 14.9. The number of likely N-dealkylation sites (tertiary alicyclic amines) is 1. The molecule has 5 nitrogen and oxygen atoms in total. The minimum atomic E-state index is -0.436. The van der Waals surface area contributed by atoms with Crippen LogP contribution in [0.4, 0.5) is 4.79 Å². The van der Waals surface area contributed by atoms with Crippen molar-refractivity contribution in [3.8, 4) is 0 Å². The van der Waals surface area contributed by atoms with Gasteiger partial charge in [-0.05, 0) is 46.5 Å². The van der Waals surface area contributed by atoms with Crippen molar-refractivity contribution in [2.45, 2.75) is 58.7 Å². The summed E-state index contributed by atoms with van der Waals surface area (Å²) in [6.07, 6.45) is 7.56. The molecule has 0 spiro atoms. The second kappa shape index (κ2) is 5.85. The van der Waals surface area contributed by atoms with E-state index in [-0.39, 0.29) is 12.1 Å². The summed E-state index contributed by atoms with van der Waals surface area (Å²) in [6, 6.07) is 0.254. The molecule has 1 saturated heterocycles. The Hall–Kier alpha value is -1.52. The van der Waals surface area contributed by atoms with Crippen molar-refractivity contribution in [2.24, 2.45) is 5.92 Å². The fourth-order valence-electron chi connectivity index (χ4n) is 2.60. The quantitative estimate of drug-likeness (QED) is 0.836. The topological polar surface area (TPSA) is 47.4 Å². The second-order valence-electron chi connectivity index (χ2n) is 6.68. The van der Waals surface area contributed by atoms with Crippen LogP contribution in [-0.4, -0.2) is 38.7 Å². The van der Waals surface area contributed by atoms with E-state index in [0.717, 1.165) is 25.9 Å².